The molecule has 0 bridgehead atoms. The second-order valence-electron chi connectivity index (χ2n) is 6.20. The Bertz CT molecular complexity index is 413. The predicted octanol–water partition coefficient (Wildman–Crippen LogP) is 3.30. The average Bonchev–Trinajstić information content (AvgIpc) is 2.48. The summed E-state index contributed by atoms with van der Waals surface area (Å²) < 4.78 is 0. The van der Waals surface area contributed by atoms with Gasteiger partial charge >= 0.3 is 0 Å². The van der Waals surface area contributed by atoms with Gasteiger partial charge in [0.05, 0.1) is 0 Å². The van der Waals surface area contributed by atoms with Crippen LogP contribution in [-0.2, 0) is 13.1 Å². The zero-order valence-corrected chi connectivity index (χ0v) is 11.9. The van der Waals surface area contributed by atoms with Crippen molar-refractivity contribution in [2.45, 2.75) is 57.7 Å². The minimum Gasteiger partial charge on any atom is -0.326 e. The summed E-state index contributed by atoms with van der Waals surface area (Å²) in [6.07, 6.45) is 8.59. The van der Waals surface area contributed by atoms with Crippen LogP contribution in [0.25, 0.3) is 0 Å². The van der Waals surface area contributed by atoms with Gasteiger partial charge in [0.15, 0.2) is 0 Å². The summed E-state index contributed by atoms with van der Waals surface area (Å²) in [6, 6.07) is 9.53. The number of benzene rings is 1. The normalized spacial score (nSPS) is 28.1. The molecule has 1 aromatic carbocycles. The number of likely N-dealkylation sites (tertiary alicyclic amines) is 1. The molecule has 3 rings (SSSR count). The van der Waals surface area contributed by atoms with Crippen molar-refractivity contribution in [3.63, 3.8) is 0 Å². The van der Waals surface area contributed by atoms with Crippen molar-refractivity contribution in [1.29, 1.82) is 0 Å². The first-order valence-electron chi connectivity index (χ1n) is 7.89. The van der Waals surface area contributed by atoms with Crippen molar-refractivity contribution < 1.29 is 0 Å². The smallest absolute Gasteiger partial charge is 0.0240 e. The van der Waals surface area contributed by atoms with Crippen LogP contribution >= 0.6 is 0 Å². The topological polar surface area (TPSA) is 29.3 Å². The Morgan fingerprint density at radius 3 is 2.58 bits per heavy atom. The molecule has 1 heterocycles. The summed E-state index contributed by atoms with van der Waals surface area (Å²) in [5.41, 5.74) is 8.63. The lowest BCUT2D eigenvalue weighted by Crippen LogP contribution is -2.46. The third-order valence-corrected chi connectivity index (χ3v) is 5.07. The summed E-state index contributed by atoms with van der Waals surface area (Å²) in [7, 11) is 0. The molecule has 0 radical (unpaired) electrons. The van der Waals surface area contributed by atoms with E-state index in [1.54, 1.807) is 0 Å². The zero-order valence-electron chi connectivity index (χ0n) is 11.9. The highest BCUT2D eigenvalue weighted by Gasteiger charge is 2.33. The van der Waals surface area contributed by atoms with E-state index in [0.717, 1.165) is 18.5 Å². The van der Waals surface area contributed by atoms with E-state index in [1.807, 2.05) is 0 Å². The molecule has 1 aromatic rings. The Labute approximate surface area is 117 Å². The van der Waals surface area contributed by atoms with Crippen LogP contribution < -0.4 is 5.73 Å². The maximum Gasteiger partial charge on any atom is 0.0240 e. The number of nitrogens with zero attached hydrogens (tertiary/aromatic N) is 1. The number of hydrogen-bond donors (Lipinski definition) is 1. The molecule has 104 valence electrons. The van der Waals surface area contributed by atoms with E-state index >= 15 is 0 Å². The third-order valence-electron chi connectivity index (χ3n) is 5.07. The van der Waals surface area contributed by atoms with Gasteiger partial charge in [-0.3, -0.25) is 4.90 Å². The summed E-state index contributed by atoms with van der Waals surface area (Å²) in [5.74, 6) is 0.965. The monoisotopic (exact) mass is 258 g/mol. The van der Waals surface area contributed by atoms with Crippen molar-refractivity contribution in [2.75, 3.05) is 6.54 Å². The Kier molecular flexibility index (Phi) is 4.19. The minimum absolute atomic E-state index is 0.665. The molecule has 19 heavy (non-hydrogen) atoms. The van der Waals surface area contributed by atoms with Gasteiger partial charge in [0.2, 0.25) is 0 Å². The molecular weight excluding hydrogens is 232 g/mol. The Hall–Kier alpha value is -0.860. The molecular formula is C17H26N2. The molecule has 2 fully saturated rings. The Morgan fingerprint density at radius 2 is 1.74 bits per heavy atom. The van der Waals surface area contributed by atoms with Crippen LogP contribution in [0.5, 0.6) is 0 Å². The van der Waals surface area contributed by atoms with Crippen molar-refractivity contribution in [2.24, 2.45) is 11.7 Å². The van der Waals surface area contributed by atoms with Crippen molar-refractivity contribution >= 4 is 0 Å². The van der Waals surface area contributed by atoms with Crippen molar-refractivity contribution in [3.8, 4) is 0 Å². The van der Waals surface area contributed by atoms with Gasteiger partial charge in [-0.2, -0.15) is 0 Å². The van der Waals surface area contributed by atoms with Gasteiger partial charge in [-0.25, -0.2) is 0 Å². The lowest BCUT2D eigenvalue weighted by molar-refractivity contribution is 0.0545. The highest BCUT2D eigenvalue weighted by molar-refractivity contribution is 5.27. The van der Waals surface area contributed by atoms with E-state index in [1.165, 1.54) is 56.2 Å². The molecule has 0 amide bonds. The molecule has 2 aliphatic rings. The van der Waals surface area contributed by atoms with E-state index in [0.29, 0.717) is 6.54 Å². The first kappa shape index (κ1) is 13.1. The van der Waals surface area contributed by atoms with Gasteiger partial charge in [0.25, 0.3) is 0 Å². The van der Waals surface area contributed by atoms with Crippen LogP contribution in [0.2, 0.25) is 0 Å². The van der Waals surface area contributed by atoms with Crippen LogP contribution in [0.15, 0.2) is 24.3 Å². The molecule has 1 saturated carbocycles. The third kappa shape index (κ3) is 2.85. The van der Waals surface area contributed by atoms with Crippen LogP contribution in [0.1, 0.15) is 49.7 Å². The summed E-state index contributed by atoms with van der Waals surface area (Å²) in [4.78, 5) is 2.74. The zero-order chi connectivity index (χ0) is 13.1. The predicted molar refractivity (Wildman–Crippen MR) is 79.7 cm³/mol. The van der Waals surface area contributed by atoms with Crippen LogP contribution in [0.3, 0.4) is 0 Å². The Balaban J connectivity index is 1.74. The van der Waals surface area contributed by atoms with E-state index in [-0.39, 0.29) is 0 Å². The molecule has 1 aliphatic heterocycles. The average molecular weight is 258 g/mol. The van der Waals surface area contributed by atoms with Gasteiger partial charge in [-0.15, -0.1) is 0 Å². The molecule has 0 spiro atoms. The number of piperidine rings is 1. The number of rotatable bonds is 3. The highest BCUT2D eigenvalue weighted by Crippen LogP contribution is 2.36. The van der Waals surface area contributed by atoms with Gasteiger partial charge < -0.3 is 5.73 Å². The van der Waals surface area contributed by atoms with E-state index < -0.39 is 0 Å². The molecule has 0 aromatic heterocycles. The number of hydrogen-bond acceptors (Lipinski definition) is 2. The molecule has 2 N–H and O–H groups in total. The molecule has 2 atom stereocenters. The first-order chi connectivity index (χ1) is 9.38. The largest absolute Gasteiger partial charge is 0.326 e. The molecule has 2 nitrogen and oxygen atoms in total. The number of nitrogens with two attached hydrogens (primary N) is 1. The second kappa shape index (κ2) is 6.06. The van der Waals surface area contributed by atoms with Crippen LogP contribution in [-0.4, -0.2) is 17.5 Å². The maximum absolute atomic E-state index is 5.87. The van der Waals surface area contributed by atoms with Crippen molar-refractivity contribution in [1.82, 2.24) is 4.90 Å². The van der Waals surface area contributed by atoms with Gasteiger partial charge in [0, 0.05) is 19.1 Å². The summed E-state index contributed by atoms with van der Waals surface area (Å²) in [5, 5.41) is 0. The van der Waals surface area contributed by atoms with E-state index in [2.05, 4.69) is 29.2 Å². The number of fused-ring (bicyclic) bond motifs is 1. The first-order valence-corrected chi connectivity index (χ1v) is 7.89. The fourth-order valence-electron chi connectivity index (χ4n) is 4.05. The lowest BCUT2D eigenvalue weighted by atomic mass is 9.78. The van der Waals surface area contributed by atoms with Crippen LogP contribution in [0.4, 0.5) is 0 Å². The quantitative estimate of drug-likeness (QED) is 0.901. The van der Waals surface area contributed by atoms with E-state index in [9.17, 15) is 0 Å². The molecule has 2 heteroatoms. The van der Waals surface area contributed by atoms with Crippen molar-refractivity contribution in [3.05, 3.63) is 35.4 Å². The SMILES string of the molecule is NCc1ccccc1CN1CCCC2CCCCC21. The molecule has 1 aliphatic carbocycles. The second-order valence-corrected chi connectivity index (χ2v) is 6.20. The maximum atomic E-state index is 5.87. The highest BCUT2D eigenvalue weighted by atomic mass is 15.2. The molecule has 1 saturated heterocycles. The summed E-state index contributed by atoms with van der Waals surface area (Å²) in [6.45, 7) is 3.05. The van der Waals surface area contributed by atoms with Gasteiger partial charge in [-0.05, 0) is 49.3 Å². The lowest BCUT2D eigenvalue weighted by Gasteiger charge is -2.44. The fraction of sp³-hybridized carbons (Fsp3) is 0.647. The standard InChI is InChI=1S/C17H26N2/c18-12-15-7-1-2-8-16(15)13-19-11-5-9-14-6-3-4-10-17(14)19/h1-2,7-8,14,17H,3-6,9-13,18H2. The van der Waals surface area contributed by atoms with E-state index in [4.69, 9.17) is 5.73 Å². The summed E-state index contributed by atoms with van der Waals surface area (Å²) >= 11 is 0. The van der Waals surface area contributed by atoms with Crippen LogP contribution in [0, 0.1) is 5.92 Å². The van der Waals surface area contributed by atoms with Gasteiger partial charge in [0.1, 0.15) is 0 Å². The van der Waals surface area contributed by atoms with Gasteiger partial charge in [-0.1, -0.05) is 37.1 Å². The minimum atomic E-state index is 0.665. The fourth-order valence-corrected chi connectivity index (χ4v) is 4.05. The molecule has 2 unspecified atom stereocenters. The Morgan fingerprint density at radius 1 is 1.00 bits per heavy atom.